The van der Waals surface area contributed by atoms with E-state index in [2.05, 4.69) is 83.5 Å². The van der Waals surface area contributed by atoms with Crippen molar-refractivity contribution in [1.29, 1.82) is 0 Å². The highest BCUT2D eigenvalue weighted by Gasteiger charge is 2.16. The summed E-state index contributed by atoms with van der Waals surface area (Å²) in [4.78, 5) is 4.06. The number of hydrogen-bond acceptors (Lipinski definition) is 4. The number of thioether (sulfide) groups is 1. The van der Waals surface area contributed by atoms with Crippen LogP contribution in [0.1, 0.15) is 31.9 Å². The molecule has 0 aliphatic carbocycles. The molecule has 0 spiro atoms. The lowest BCUT2D eigenvalue weighted by Crippen LogP contribution is -2.10. The van der Waals surface area contributed by atoms with Crippen molar-refractivity contribution in [2.45, 2.75) is 44.3 Å². The van der Waals surface area contributed by atoms with E-state index in [1.165, 1.54) is 11.1 Å². The number of hydrogen-bond donors (Lipinski definition) is 0. The van der Waals surface area contributed by atoms with Crippen LogP contribution in [0.5, 0.6) is 0 Å². The molecule has 0 saturated heterocycles. The number of pyridine rings is 1. The van der Waals surface area contributed by atoms with E-state index in [0.717, 1.165) is 28.7 Å². The van der Waals surface area contributed by atoms with Crippen LogP contribution in [-0.4, -0.2) is 25.5 Å². The first-order valence-electron chi connectivity index (χ1n) is 9.16. The van der Waals surface area contributed by atoms with Crippen molar-refractivity contribution in [1.82, 2.24) is 19.7 Å². The van der Waals surface area contributed by atoms with Crippen molar-refractivity contribution >= 4 is 11.8 Å². The molecule has 0 aliphatic heterocycles. The van der Waals surface area contributed by atoms with Gasteiger partial charge in [0.2, 0.25) is 0 Å². The molecule has 140 valence electrons. The maximum atomic E-state index is 4.46. The van der Waals surface area contributed by atoms with E-state index in [1.807, 2.05) is 18.5 Å². The molecule has 27 heavy (non-hydrogen) atoms. The Morgan fingerprint density at radius 3 is 2.37 bits per heavy atom. The average Bonchev–Trinajstić information content (AvgIpc) is 3.05. The molecule has 0 fully saturated rings. The summed E-state index contributed by atoms with van der Waals surface area (Å²) in [6.07, 6.45) is 6.53. The van der Waals surface area contributed by atoms with Crippen molar-refractivity contribution in [2.24, 2.45) is 0 Å². The van der Waals surface area contributed by atoms with Crippen molar-refractivity contribution in [3.63, 3.8) is 0 Å². The van der Waals surface area contributed by atoms with Crippen LogP contribution in [0.25, 0.3) is 11.4 Å². The molecule has 0 radical (unpaired) electrons. The van der Waals surface area contributed by atoms with Gasteiger partial charge in [-0.25, -0.2) is 0 Å². The first-order valence-corrected chi connectivity index (χ1v) is 10.1. The fourth-order valence-electron chi connectivity index (χ4n) is 2.83. The molecule has 1 aromatic carbocycles. The van der Waals surface area contributed by atoms with Gasteiger partial charge in [-0.05, 0) is 35.1 Å². The van der Waals surface area contributed by atoms with Crippen molar-refractivity contribution < 1.29 is 0 Å². The topological polar surface area (TPSA) is 43.6 Å². The fraction of sp³-hybridized carbons (Fsp3) is 0.318. The lowest BCUT2D eigenvalue weighted by molar-refractivity contribution is 0.590. The molecule has 3 aromatic rings. The van der Waals surface area contributed by atoms with Crippen LogP contribution in [0.4, 0.5) is 0 Å². The molecule has 0 aliphatic rings. The summed E-state index contributed by atoms with van der Waals surface area (Å²) in [5.74, 6) is 1.84. The molecule has 0 amide bonds. The number of rotatable bonds is 7. The Kier molecular flexibility index (Phi) is 6.11. The normalized spacial score (nSPS) is 11.5. The van der Waals surface area contributed by atoms with E-state index in [-0.39, 0.29) is 5.41 Å². The molecule has 0 atom stereocenters. The minimum atomic E-state index is 0.140. The number of allylic oxidation sites excluding steroid dienone is 1. The van der Waals surface area contributed by atoms with Gasteiger partial charge in [0, 0.05) is 30.3 Å². The van der Waals surface area contributed by atoms with E-state index in [4.69, 9.17) is 0 Å². The fourth-order valence-corrected chi connectivity index (χ4v) is 3.77. The van der Waals surface area contributed by atoms with Crippen LogP contribution in [0.15, 0.2) is 66.6 Å². The van der Waals surface area contributed by atoms with E-state index in [1.54, 1.807) is 11.8 Å². The van der Waals surface area contributed by atoms with E-state index < -0.39 is 0 Å². The summed E-state index contributed by atoms with van der Waals surface area (Å²) in [7, 11) is 0. The molecule has 2 heterocycles. The smallest absolute Gasteiger partial charge is 0.191 e. The van der Waals surface area contributed by atoms with Crippen LogP contribution < -0.4 is 0 Å². The van der Waals surface area contributed by atoms with Crippen molar-refractivity contribution in [3.05, 3.63) is 72.6 Å². The van der Waals surface area contributed by atoms with Crippen LogP contribution in [0.2, 0.25) is 0 Å². The zero-order valence-corrected chi connectivity index (χ0v) is 17.0. The molecule has 5 heteroatoms. The highest BCUT2D eigenvalue weighted by atomic mass is 32.2. The number of aryl methyl sites for hydroxylation is 1. The maximum Gasteiger partial charge on any atom is 0.191 e. The molecule has 0 saturated carbocycles. The standard InChI is InChI=1S/C22H26N4S/c1-5-15-26-20(18-6-8-19(9-7-18)22(2,3)4)24-25-21(26)27-16-12-17-10-13-23-14-11-17/h5-11,13-14H,1,12,15-16H2,2-4H3. The Labute approximate surface area is 165 Å². The summed E-state index contributed by atoms with van der Waals surface area (Å²) in [6, 6.07) is 12.7. The number of aromatic nitrogens is 4. The summed E-state index contributed by atoms with van der Waals surface area (Å²) in [5.41, 5.74) is 3.82. The van der Waals surface area contributed by atoms with Gasteiger partial charge in [-0.3, -0.25) is 9.55 Å². The van der Waals surface area contributed by atoms with E-state index in [9.17, 15) is 0 Å². The monoisotopic (exact) mass is 378 g/mol. The van der Waals surface area contributed by atoms with Gasteiger partial charge in [0.25, 0.3) is 0 Å². The average molecular weight is 379 g/mol. The molecular formula is C22H26N4S. The number of nitrogens with zero attached hydrogens (tertiary/aromatic N) is 4. The van der Waals surface area contributed by atoms with Gasteiger partial charge in [0.05, 0.1) is 0 Å². The Bertz CT molecular complexity index is 877. The number of benzene rings is 1. The maximum absolute atomic E-state index is 4.46. The molecule has 4 nitrogen and oxygen atoms in total. The minimum absolute atomic E-state index is 0.140. The van der Waals surface area contributed by atoms with Crippen LogP contribution in [0.3, 0.4) is 0 Å². The lowest BCUT2D eigenvalue weighted by atomic mass is 9.87. The summed E-state index contributed by atoms with van der Waals surface area (Å²) in [6.45, 7) is 11.3. The van der Waals surface area contributed by atoms with Crippen molar-refractivity contribution in [3.8, 4) is 11.4 Å². The Morgan fingerprint density at radius 2 is 1.74 bits per heavy atom. The molecule has 2 aromatic heterocycles. The van der Waals surface area contributed by atoms with Crippen LogP contribution in [0, 0.1) is 0 Å². The Hall–Kier alpha value is -2.40. The lowest BCUT2D eigenvalue weighted by Gasteiger charge is -2.19. The zero-order chi connectivity index (χ0) is 19.3. The summed E-state index contributed by atoms with van der Waals surface area (Å²) >= 11 is 1.73. The van der Waals surface area contributed by atoms with E-state index in [0.29, 0.717) is 6.54 Å². The molecule has 0 bridgehead atoms. The Balaban J connectivity index is 1.77. The highest BCUT2D eigenvalue weighted by molar-refractivity contribution is 7.99. The third-order valence-corrected chi connectivity index (χ3v) is 5.38. The Morgan fingerprint density at radius 1 is 1.04 bits per heavy atom. The second-order valence-corrected chi connectivity index (χ2v) is 8.55. The SMILES string of the molecule is C=CCn1c(SCCc2ccncc2)nnc1-c1ccc(C(C)(C)C)cc1. The van der Waals surface area contributed by atoms with Crippen LogP contribution >= 0.6 is 11.8 Å². The van der Waals surface area contributed by atoms with Gasteiger partial charge < -0.3 is 0 Å². The summed E-state index contributed by atoms with van der Waals surface area (Å²) < 4.78 is 2.14. The minimum Gasteiger partial charge on any atom is -0.298 e. The van der Waals surface area contributed by atoms with Gasteiger partial charge in [-0.1, -0.05) is 62.9 Å². The van der Waals surface area contributed by atoms with E-state index >= 15 is 0 Å². The first kappa shape index (κ1) is 19.4. The molecule has 3 rings (SSSR count). The first-order chi connectivity index (χ1) is 13.0. The van der Waals surface area contributed by atoms with Gasteiger partial charge in [0.15, 0.2) is 11.0 Å². The van der Waals surface area contributed by atoms with Gasteiger partial charge in [-0.2, -0.15) is 0 Å². The van der Waals surface area contributed by atoms with Crippen molar-refractivity contribution in [2.75, 3.05) is 5.75 Å². The predicted molar refractivity (Wildman–Crippen MR) is 113 cm³/mol. The molecule has 0 unspecified atom stereocenters. The third-order valence-electron chi connectivity index (χ3n) is 4.41. The van der Waals surface area contributed by atoms with Gasteiger partial charge >= 0.3 is 0 Å². The predicted octanol–water partition coefficient (Wildman–Crippen LogP) is 5.16. The quantitative estimate of drug-likeness (QED) is 0.421. The summed E-state index contributed by atoms with van der Waals surface area (Å²) in [5, 5.41) is 9.82. The van der Waals surface area contributed by atoms with Gasteiger partial charge in [0.1, 0.15) is 0 Å². The highest BCUT2D eigenvalue weighted by Crippen LogP contribution is 2.28. The zero-order valence-electron chi connectivity index (χ0n) is 16.2. The van der Waals surface area contributed by atoms with Gasteiger partial charge in [-0.15, -0.1) is 16.8 Å². The van der Waals surface area contributed by atoms with Crippen LogP contribution in [-0.2, 0) is 18.4 Å². The molecular weight excluding hydrogens is 352 g/mol. The second kappa shape index (κ2) is 8.53. The largest absolute Gasteiger partial charge is 0.298 e. The second-order valence-electron chi connectivity index (χ2n) is 7.49. The molecule has 0 N–H and O–H groups in total. The third kappa shape index (κ3) is 4.86.